The molecule has 0 atom stereocenters. The fourth-order valence-electron chi connectivity index (χ4n) is 2.75. The Hall–Kier alpha value is -2.36. The summed E-state index contributed by atoms with van der Waals surface area (Å²) in [7, 11) is -2.39. The van der Waals surface area contributed by atoms with Gasteiger partial charge in [0, 0.05) is 28.9 Å². The monoisotopic (exact) mass is 511 g/mol. The minimum atomic E-state index is -3.81. The number of hydrogen-bond acceptors (Lipinski definition) is 5. The number of amides is 1. The largest absolute Gasteiger partial charge is 0.497 e. The number of benzene rings is 2. The maximum absolute atomic E-state index is 13.0. The molecule has 0 aliphatic carbocycles. The van der Waals surface area contributed by atoms with Gasteiger partial charge in [-0.15, -0.1) is 0 Å². The molecule has 0 saturated carbocycles. The summed E-state index contributed by atoms with van der Waals surface area (Å²) in [5.41, 5.74) is 1.24. The van der Waals surface area contributed by atoms with Gasteiger partial charge in [0.05, 0.1) is 34.1 Å². The number of nitrogens with zero attached hydrogens (tertiary/aromatic N) is 2. The zero-order valence-corrected chi connectivity index (χ0v) is 19.4. The molecule has 3 rings (SSSR count). The van der Waals surface area contributed by atoms with Gasteiger partial charge in [-0.05, 0) is 59.3 Å². The van der Waals surface area contributed by atoms with Gasteiger partial charge in [0.15, 0.2) is 0 Å². The lowest BCUT2D eigenvalue weighted by molar-refractivity contribution is -0.116. The molecule has 7 nitrogen and oxygen atoms in total. The van der Waals surface area contributed by atoms with Gasteiger partial charge < -0.3 is 10.1 Å². The first-order valence-corrected chi connectivity index (χ1v) is 11.5. The second kappa shape index (κ2) is 9.20. The average Bonchev–Trinajstić information content (AvgIpc) is 3.04. The Morgan fingerprint density at radius 2 is 1.90 bits per heavy atom. The number of rotatable bonds is 7. The summed E-state index contributed by atoms with van der Waals surface area (Å²) in [6, 6.07) is 10.2. The minimum absolute atomic E-state index is 0.00586. The standard InChI is InChI=1S/C20H19BrClN3O4S/c1-13-19(21)12-23-25(13)8-7-20(26)24-15-9-16(29-2)11-18(10-15)30(27,28)17-5-3-14(22)4-6-17/h3-6,9-12H,7-8H2,1-2H3,(H,24,26). The number of sulfone groups is 1. The molecule has 0 aliphatic rings. The molecular weight excluding hydrogens is 494 g/mol. The van der Waals surface area contributed by atoms with E-state index in [2.05, 4.69) is 26.3 Å². The molecule has 1 aromatic heterocycles. The number of carbonyl (C=O) groups is 1. The molecule has 0 fully saturated rings. The lowest BCUT2D eigenvalue weighted by atomic mass is 10.3. The van der Waals surface area contributed by atoms with Crippen LogP contribution >= 0.6 is 27.5 Å². The van der Waals surface area contributed by atoms with Gasteiger partial charge in [-0.2, -0.15) is 5.10 Å². The van der Waals surface area contributed by atoms with Crippen molar-refractivity contribution in [3.63, 3.8) is 0 Å². The van der Waals surface area contributed by atoms with E-state index in [0.717, 1.165) is 10.2 Å². The topological polar surface area (TPSA) is 90.3 Å². The number of hydrogen-bond donors (Lipinski definition) is 1. The van der Waals surface area contributed by atoms with Crippen molar-refractivity contribution in [2.75, 3.05) is 12.4 Å². The van der Waals surface area contributed by atoms with Crippen molar-refractivity contribution < 1.29 is 17.9 Å². The SMILES string of the molecule is COc1cc(NC(=O)CCn2ncc(Br)c2C)cc(S(=O)(=O)c2ccc(Cl)cc2)c1. The Morgan fingerprint density at radius 1 is 1.20 bits per heavy atom. The molecule has 1 heterocycles. The van der Waals surface area contributed by atoms with Gasteiger partial charge >= 0.3 is 0 Å². The maximum Gasteiger partial charge on any atom is 0.226 e. The number of nitrogens with one attached hydrogen (secondary N) is 1. The molecule has 0 spiro atoms. The molecule has 0 bridgehead atoms. The highest BCUT2D eigenvalue weighted by Gasteiger charge is 2.20. The van der Waals surface area contributed by atoms with Crippen LogP contribution in [-0.4, -0.2) is 31.2 Å². The summed E-state index contributed by atoms with van der Waals surface area (Å²) in [5.74, 6) is 0.0382. The van der Waals surface area contributed by atoms with Crippen molar-refractivity contribution in [3.05, 3.63) is 63.9 Å². The van der Waals surface area contributed by atoms with Crippen molar-refractivity contribution >= 4 is 49.0 Å². The van der Waals surface area contributed by atoms with Gasteiger partial charge in [-0.3, -0.25) is 9.48 Å². The van der Waals surface area contributed by atoms with Crippen LogP contribution in [0.2, 0.25) is 5.02 Å². The Kier molecular flexibility index (Phi) is 6.84. The Balaban J connectivity index is 1.81. The van der Waals surface area contributed by atoms with Gasteiger partial charge in [0.2, 0.25) is 15.7 Å². The number of ether oxygens (including phenoxy) is 1. The Labute approximate surface area is 188 Å². The summed E-state index contributed by atoms with van der Waals surface area (Å²) in [5, 5.41) is 7.35. The van der Waals surface area contributed by atoms with Crippen molar-refractivity contribution in [1.29, 1.82) is 0 Å². The molecule has 0 saturated heterocycles. The number of halogens is 2. The van der Waals surface area contributed by atoms with E-state index in [1.165, 1.54) is 43.5 Å². The van der Waals surface area contributed by atoms with E-state index in [0.29, 0.717) is 23.0 Å². The third-order valence-electron chi connectivity index (χ3n) is 4.43. The van der Waals surface area contributed by atoms with Crippen LogP contribution in [0.3, 0.4) is 0 Å². The highest BCUT2D eigenvalue weighted by Crippen LogP contribution is 2.29. The van der Waals surface area contributed by atoms with Crippen LogP contribution in [0.25, 0.3) is 0 Å². The lowest BCUT2D eigenvalue weighted by Gasteiger charge is -2.12. The van der Waals surface area contributed by atoms with Crippen molar-refractivity contribution in [2.24, 2.45) is 0 Å². The van der Waals surface area contributed by atoms with E-state index < -0.39 is 9.84 Å². The van der Waals surface area contributed by atoms with Crippen LogP contribution in [0, 0.1) is 6.92 Å². The van der Waals surface area contributed by atoms with Gasteiger partial charge in [0.1, 0.15) is 5.75 Å². The highest BCUT2D eigenvalue weighted by molar-refractivity contribution is 9.10. The van der Waals surface area contributed by atoms with Crippen LogP contribution in [-0.2, 0) is 21.2 Å². The third kappa shape index (κ3) is 5.03. The zero-order valence-electron chi connectivity index (χ0n) is 16.2. The first-order valence-electron chi connectivity index (χ1n) is 8.88. The third-order valence-corrected chi connectivity index (χ3v) is 7.21. The Bertz CT molecular complexity index is 1180. The smallest absolute Gasteiger partial charge is 0.226 e. The van der Waals surface area contributed by atoms with Crippen molar-refractivity contribution in [2.45, 2.75) is 29.7 Å². The minimum Gasteiger partial charge on any atom is -0.497 e. The van der Waals surface area contributed by atoms with E-state index >= 15 is 0 Å². The summed E-state index contributed by atoms with van der Waals surface area (Å²) in [4.78, 5) is 12.5. The van der Waals surface area contributed by atoms with Crippen LogP contribution in [0.5, 0.6) is 5.75 Å². The number of aryl methyl sites for hydroxylation is 1. The highest BCUT2D eigenvalue weighted by atomic mass is 79.9. The summed E-state index contributed by atoms with van der Waals surface area (Å²) < 4.78 is 33.7. The van der Waals surface area contributed by atoms with Crippen molar-refractivity contribution in [3.8, 4) is 5.75 Å². The number of methoxy groups -OCH3 is 1. The van der Waals surface area contributed by atoms with Gasteiger partial charge in [0.25, 0.3) is 0 Å². The van der Waals surface area contributed by atoms with E-state index in [9.17, 15) is 13.2 Å². The second-order valence-corrected chi connectivity index (χ2v) is 9.69. The van der Waals surface area contributed by atoms with E-state index in [-0.39, 0.29) is 22.1 Å². The molecule has 1 amide bonds. The summed E-state index contributed by atoms with van der Waals surface area (Å²) in [6.45, 7) is 2.29. The molecule has 0 radical (unpaired) electrons. The molecular formula is C20H19BrClN3O4S. The molecule has 0 unspecified atom stereocenters. The van der Waals surface area contributed by atoms with Gasteiger partial charge in [-0.25, -0.2) is 8.42 Å². The molecule has 1 N–H and O–H groups in total. The average molecular weight is 513 g/mol. The predicted molar refractivity (Wildman–Crippen MR) is 118 cm³/mol. The second-order valence-electron chi connectivity index (χ2n) is 6.45. The quantitative estimate of drug-likeness (QED) is 0.504. The number of carbonyl (C=O) groups excluding carboxylic acids is 1. The first-order chi connectivity index (χ1) is 14.2. The van der Waals surface area contributed by atoms with Crippen LogP contribution in [0.4, 0.5) is 5.69 Å². The molecule has 158 valence electrons. The number of anilines is 1. The van der Waals surface area contributed by atoms with Crippen molar-refractivity contribution in [1.82, 2.24) is 9.78 Å². The van der Waals surface area contributed by atoms with Gasteiger partial charge in [-0.1, -0.05) is 11.6 Å². The maximum atomic E-state index is 13.0. The Morgan fingerprint density at radius 3 is 2.50 bits per heavy atom. The lowest BCUT2D eigenvalue weighted by Crippen LogP contribution is -2.16. The van der Waals surface area contributed by atoms with Crippen LogP contribution in [0.15, 0.2) is 62.9 Å². The van der Waals surface area contributed by atoms with Crippen LogP contribution in [0.1, 0.15) is 12.1 Å². The van der Waals surface area contributed by atoms with Crippen LogP contribution < -0.4 is 10.1 Å². The predicted octanol–water partition coefficient (Wildman–Crippen LogP) is 4.48. The summed E-state index contributed by atoms with van der Waals surface area (Å²) >= 11 is 9.23. The normalized spacial score (nSPS) is 11.3. The van der Waals surface area contributed by atoms with E-state index in [1.54, 1.807) is 16.9 Å². The molecule has 30 heavy (non-hydrogen) atoms. The molecule has 10 heteroatoms. The van der Waals surface area contributed by atoms with E-state index in [4.69, 9.17) is 16.3 Å². The summed E-state index contributed by atoms with van der Waals surface area (Å²) in [6.07, 6.45) is 1.84. The zero-order chi connectivity index (χ0) is 21.9. The molecule has 3 aromatic rings. The van der Waals surface area contributed by atoms with E-state index in [1.807, 2.05) is 6.92 Å². The fraction of sp³-hybridized carbons (Fsp3) is 0.200. The fourth-order valence-corrected chi connectivity index (χ4v) is 4.49. The first kappa shape index (κ1) is 22.3. The molecule has 2 aromatic carbocycles. The molecule has 0 aliphatic heterocycles. The number of aromatic nitrogens is 2.